The summed E-state index contributed by atoms with van der Waals surface area (Å²) in [6, 6.07) is 1.49. The number of rotatable bonds is 3. The monoisotopic (exact) mass is 385 g/mol. The van der Waals surface area contributed by atoms with Gasteiger partial charge in [-0.2, -0.15) is 36.0 Å². The minimum atomic E-state index is -4.95. The summed E-state index contributed by atoms with van der Waals surface area (Å²) in [5, 5.41) is 4.61. The SMILES string of the molecule is Cc1cc(F)c(-n2nc(C(F)(F)F)nc2N)cc1C(=O)NCC(F)(F)F. The molecule has 3 N–H and O–H groups in total. The number of carbonyl (C=O) groups excluding carboxylic acids is 1. The summed E-state index contributed by atoms with van der Waals surface area (Å²) in [5.74, 6) is -4.75. The zero-order valence-corrected chi connectivity index (χ0v) is 12.8. The van der Waals surface area contributed by atoms with E-state index < -0.39 is 53.6 Å². The van der Waals surface area contributed by atoms with Gasteiger partial charge in [0.05, 0.1) is 0 Å². The minimum Gasteiger partial charge on any atom is -0.368 e. The Labute approximate surface area is 140 Å². The molecular formula is C13H10F7N5O. The molecule has 6 nitrogen and oxygen atoms in total. The van der Waals surface area contributed by atoms with Gasteiger partial charge >= 0.3 is 12.4 Å². The van der Waals surface area contributed by atoms with E-state index in [0.29, 0.717) is 4.68 Å². The second kappa shape index (κ2) is 6.46. The smallest absolute Gasteiger partial charge is 0.368 e. The lowest BCUT2D eigenvalue weighted by Gasteiger charge is -2.12. The van der Waals surface area contributed by atoms with Gasteiger partial charge in [0.2, 0.25) is 5.95 Å². The molecule has 2 rings (SSSR count). The Morgan fingerprint density at radius 3 is 2.35 bits per heavy atom. The van der Waals surface area contributed by atoms with Gasteiger partial charge in [-0.05, 0) is 24.6 Å². The summed E-state index contributed by atoms with van der Waals surface area (Å²) in [7, 11) is 0. The third kappa shape index (κ3) is 4.21. The van der Waals surface area contributed by atoms with Crippen LogP contribution in [-0.4, -0.2) is 33.4 Å². The van der Waals surface area contributed by atoms with Gasteiger partial charge in [-0.25, -0.2) is 4.39 Å². The van der Waals surface area contributed by atoms with Crippen LogP contribution in [0.2, 0.25) is 0 Å². The fourth-order valence-electron chi connectivity index (χ4n) is 1.97. The number of nitrogens with two attached hydrogens (primary N) is 1. The van der Waals surface area contributed by atoms with Crippen molar-refractivity contribution in [3.8, 4) is 5.69 Å². The van der Waals surface area contributed by atoms with Crippen LogP contribution < -0.4 is 11.1 Å². The molecule has 0 atom stereocenters. The number of aromatic nitrogens is 3. The van der Waals surface area contributed by atoms with Gasteiger partial charge in [-0.15, -0.1) is 5.10 Å². The molecule has 1 aromatic heterocycles. The molecule has 0 spiro atoms. The molecule has 26 heavy (non-hydrogen) atoms. The first-order chi connectivity index (χ1) is 11.8. The van der Waals surface area contributed by atoms with Crippen molar-refractivity contribution in [1.82, 2.24) is 20.1 Å². The number of aryl methyl sites for hydroxylation is 1. The van der Waals surface area contributed by atoms with Crippen LogP contribution in [0.1, 0.15) is 21.7 Å². The summed E-state index contributed by atoms with van der Waals surface area (Å²) in [6.07, 6.45) is -9.63. The normalized spacial score (nSPS) is 12.3. The molecule has 1 amide bonds. The van der Waals surface area contributed by atoms with Crippen molar-refractivity contribution in [3.05, 3.63) is 34.9 Å². The van der Waals surface area contributed by atoms with Gasteiger partial charge in [0, 0.05) is 5.56 Å². The maximum atomic E-state index is 14.1. The van der Waals surface area contributed by atoms with E-state index in [1.54, 1.807) is 5.32 Å². The molecule has 0 bridgehead atoms. The van der Waals surface area contributed by atoms with Crippen LogP contribution in [0.5, 0.6) is 0 Å². The van der Waals surface area contributed by atoms with Crippen molar-refractivity contribution in [1.29, 1.82) is 0 Å². The van der Waals surface area contributed by atoms with Gasteiger partial charge in [0.25, 0.3) is 11.7 Å². The number of nitrogens with one attached hydrogen (secondary N) is 1. The lowest BCUT2D eigenvalue weighted by Crippen LogP contribution is -2.34. The maximum absolute atomic E-state index is 14.1. The predicted molar refractivity (Wildman–Crippen MR) is 73.9 cm³/mol. The average Bonchev–Trinajstić information content (AvgIpc) is 2.86. The summed E-state index contributed by atoms with van der Waals surface area (Å²) >= 11 is 0. The van der Waals surface area contributed by atoms with Gasteiger partial charge < -0.3 is 11.1 Å². The lowest BCUT2D eigenvalue weighted by molar-refractivity contribution is -0.144. The summed E-state index contributed by atoms with van der Waals surface area (Å²) in [5.41, 5.74) is 4.18. The summed E-state index contributed by atoms with van der Waals surface area (Å²) in [4.78, 5) is 14.8. The molecule has 0 saturated carbocycles. The number of hydrogen-bond acceptors (Lipinski definition) is 4. The molecule has 2 aromatic rings. The van der Waals surface area contributed by atoms with Crippen LogP contribution in [0.15, 0.2) is 12.1 Å². The zero-order valence-electron chi connectivity index (χ0n) is 12.8. The topological polar surface area (TPSA) is 85.8 Å². The summed E-state index contributed by atoms with van der Waals surface area (Å²) in [6.45, 7) is -0.400. The van der Waals surface area contributed by atoms with E-state index in [1.165, 1.54) is 6.92 Å². The largest absolute Gasteiger partial charge is 0.453 e. The molecule has 0 aliphatic carbocycles. The third-order valence-corrected chi connectivity index (χ3v) is 3.10. The number of alkyl halides is 6. The molecule has 0 fully saturated rings. The highest BCUT2D eigenvalue weighted by Crippen LogP contribution is 2.29. The zero-order chi connectivity index (χ0) is 19.9. The van der Waals surface area contributed by atoms with Gasteiger partial charge in [-0.1, -0.05) is 0 Å². The Morgan fingerprint density at radius 1 is 1.23 bits per heavy atom. The maximum Gasteiger partial charge on any atom is 0.453 e. The van der Waals surface area contributed by atoms with Crippen molar-refractivity contribution in [2.45, 2.75) is 19.3 Å². The van der Waals surface area contributed by atoms with Gasteiger partial charge in [-0.3, -0.25) is 4.79 Å². The fraction of sp³-hybridized carbons (Fsp3) is 0.308. The molecule has 0 radical (unpaired) electrons. The molecule has 0 aliphatic heterocycles. The molecule has 1 aromatic carbocycles. The highest BCUT2D eigenvalue weighted by atomic mass is 19.4. The van der Waals surface area contributed by atoms with Crippen LogP contribution in [0.3, 0.4) is 0 Å². The number of carbonyl (C=O) groups is 1. The standard InChI is InChI=1S/C13H10F7N5O/c1-5-2-7(14)8(3-6(5)9(26)22-4-12(15,16)17)25-11(21)23-10(24-25)13(18,19)20/h2-3H,4H2,1H3,(H,22,26)(H2,21,23,24). The van der Waals surface area contributed by atoms with E-state index in [9.17, 15) is 35.5 Å². The molecular weight excluding hydrogens is 375 g/mol. The van der Waals surface area contributed by atoms with Crippen LogP contribution in [-0.2, 0) is 6.18 Å². The highest BCUT2D eigenvalue weighted by Gasteiger charge is 2.37. The lowest BCUT2D eigenvalue weighted by atomic mass is 10.1. The first kappa shape index (κ1) is 19.5. The second-order valence-electron chi connectivity index (χ2n) is 5.12. The van der Waals surface area contributed by atoms with E-state index in [0.717, 1.165) is 12.1 Å². The Bertz CT molecular complexity index is 841. The number of anilines is 1. The number of hydrogen-bond donors (Lipinski definition) is 2. The first-order valence-electron chi connectivity index (χ1n) is 6.75. The Hall–Kier alpha value is -2.86. The van der Waals surface area contributed by atoms with Crippen LogP contribution >= 0.6 is 0 Å². The molecule has 1 heterocycles. The van der Waals surface area contributed by atoms with E-state index >= 15 is 0 Å². The number of nitrogen functional groups attached to an aromatic ring is 1. The van der Waals surface area contributed by atoms with Crippen molar-refractivity contribution in [2.75, 3.05) is 12.3 Å². The second-order valence-corrected chi connectivity index (χ2v) is 5.12. The Balaban J connectivity index is 2.46. The van der Waals surface area contributed by atoms with Gasteiger partial charge in [0.15, 0.2) is 0 Å². The molecule has 0 unspecified atom stereocenters. The number of amides is 1. The Kier molecular flexibility index (Phi) is 4.84. The van der Waals surface area contributed by atoms with E-state index in [-0.39, 0.29) is 5.56 Å². The molecule has 142 valence electrons. The summed E-state index contributed by atoms with van der Waals surface area (Å²) < 4.78 is 88.8. The average molecular weight is 385 g/mol. The minimum absolute atomic E-state index is 0.0411. The highest BCUT2D eigenvalue weighted by molar-refractivity contribution is 5.96. The fourth-order valence-corrected chi connectivity index (χ4v) is 1.97. The Morgan fingerprint density at radius 2 is 1.85 bits per heavy atom. The van der Waals surface area contributed by atoms with Crippen molar-refractivity contribution in [2.24, 2.45) is 0 Å². The van der Waals surface area contributed by atoms with Crippen LogP contribution in [0.25, 0.3) is 5.69 Å². The van der Waals surface area contributed by atoms with Crippen LogP contribution in [0, 0.1) is 12.7 Å². The van der Waals surface area contributed by atoms with Crippen molar-refractivity contribution >= 4 is 11.9 Å². The van der Waals surface area contributed by atoms with E-state index in [1.807, 2.05) is 0 Å². The van der Waals surface area contributed by atoms with Crippen LogP contribution in [0.4, 0.5) is 36.7 Å². The predicted octanol–water partition coefficient (Wildman–Crippen LogP) is 2.61. The quantitative estimate of drug-likeness (QED) is 0.796. The molecule has 0 saturated heterocycles. The van der Waals surface area contributed by atoms with E-state index in [2.05, 4.69) is 10.1 Å². The molecule has 0 aliphatic rings. The van der Waals surface area contributed by atoms with Crippen molar-refractivity contribution < 1.29 is 35.5 Å². The van der Waals surface area contributed by atoms with Gasteiger partial charge in [0.1, 0.15) is 18.0 Å². The van der Waals surface area contributed by atoms with Crippen molar-refractivity contribution in [3.63, 3.8) is 0 Å². The number of benzene rings is 1. The first-order valence-corrected chi connectivity index (χ1v) is 6.75. The number of nitrogens with zero attached hydrogens (tertiary/aromatic N) is 3. The van der Waals surface area contributed by atoms with E-state index in [4.69, 9.17) is 5.73 Å². The molecule has 13 heteroatoms. The number of halogens is 7. The third-order valence-electron chi connectivity index (χ3n) is 3.10.